The van der Waals surface area contributed by atoms with Crippen molar-refractivity contribution in [2.24, 2.45) is 0 Å². The van der Waals surface area contributed by atoms with E-state index in [0.29, 0.717) is 0 Å². The van der Waals surface area contributed by atoms with Crippen LogP contribution in [0.25, 0.3) is 0 Å². The third-order valence-corrected chi connectivity index (χ3v) is 1.99. The molecular weight excluding hydrogens is 241 g/mol. The Kier molecular flexibility index (Phi) is 5.86. The Morgan fingerprint density at radius 1 is 1.35 bits per heavy atom. The summed E-state index contributed by atoms with van der Waals surface area (Å²) in [4.78, 5) is 11.2. The van der Waals surface area contributed by atoms with Crippen molar-refractivity contribution in [3.05, 3.63) is 0 Å². The molecule has 0 aromatic carbocycles. The van der Waals surface area contributed by atoms with Gasteiger partial charge in [0.15, 0.2) is 0 Å². The van der Waals surface area contributed by atoms with Gasteiger partial charge in [0.05, 0.1) is 18.2 Å². The highest BCUT2D eigenvalue weighted by Crippen LogP contribution is 2.12. The molecule has 0 aromatic heterocycles. The maximum atomic E-state index is 11.8. The lowest BCUT2D eigenvalue weighted by Gasteiger charge is -2.23. The van der Waals surface area contributed by atoms with Gasteiger partial charge < -0.3 is 20.8 Å². The first-order chi connectivity index (χ1) is 7.57. The van der Waals surface area contributed by atoms with Crippen LogP contribution >= 0.6 is 0 Å². The number of aliphatic hydroxyl groups excluding tert-OH is 1. The monoisotopic (exact) mass is 258 g/mol. The lowest BCUT2D eigenvalue weighted by atomic mass is 10.1. The summed E-state index contributed by atoms with van der Waals surface area (Å²) < 4.78 is 35.4. The number of aliphatic hydroxyl groups is 2. The average molecular weight is 258 g/mol. The fourth-order valence-electron chi connectivity index (χ4n) is 0.862. The van der Waals surface area contributed by atoms with Gasteiger partial charge in [0.1, 0.15) is 6.54 Å². The van der Waals surface area contributed by atoms with Gasteiger partial charge in [-0.1, -0.05) is 0 Å². The van der Waals surface area contributed by atoms with E-state index in [1.54, 1.807) is 5.32 Å². The molecule has 0 spiro atoms. The minimum absolute atomic E-state index is 0.107. The smallest absolute Gasteiger partial charge is 0.393 e. The van der Waals surface area contributed by atoms with Gasteiger partial charge >= 0.3 is 6.18 Å². The number of amides is 1. The second-order valence-electron chi connectivity index (χ2n) is 4.09. The fraction of sp³-hybridized carbons (Fsp3) is 0.889. The number of hydrogen-bond acceptors (Lipinski definition) is 4. The molecule has 0 radical (unpaired) electrons. The predicted octanol–water partition coefficient (Wildman–Crippen LogP) is -0.614. The first-order valence-corrected chi connectivity index (χ1v) is 4.98. The van der Waals surface area contributed by atoms with Gasteiger partial charge in [-0.3, -0.25) is 4.79 Å². The number of rotatable bonds is 6. The van der Waals surface area contributed by atoms with Crippen molar-refractivity contribution in [3.8, 4) is 0 Å². The number of carbonyl (C=O) groups is 1. The molecule has 0 aliphatic rings. The Labute approximate surface area is 97.0 Å². The number of carbonyl (C=O) groups excluding carboxylic acids is 1. The van der Waals surface area contributed by atoms with E-state index in [1.165, 1.54) is 13.8 Å². The molecule has 0 saturated carbocycles. The molecule has 5 nitrogen and oxygen atoms in total. The quantitative estimate of drug-likeness (QED) is 0.512. The van der Waals surface area contributed by atoms with Gasteiger partial charge in [-0.15, -0.1) is 0 Å². The molecule has 1 amide bonds. The summed E-state index contributed by atoms with van der Waals surface area (Å²) in [6.45, 7) is 0.675. The van der Waals surface area contributed by atoms with Crippen molar-refractivity contribution in [2.75, 3.05) is 19.7 Å². The first-order valence-electron chi connectivity index (χ1n) is 4.98. The molecule has 0 saturated heterocycles. The summed E-state index contributed by atoms with van der Waals surface area (Å²) in [6, 6.07) is -0.893. The molecule has 0 bridgehead atoms. The lowest BCUT2D eigenvalue weighted by Crippen LogP contribution is -2.50. The first kappa shape index (κ1) is 16.1. The summed E-state index contributed by atoms with van der Waals surface area (Å²) in [5.74, 6) is -0.823. The number of halogens is 3. The highest BCUT2D eigenvalue weighted by molar-refractivity contribution is 5.81. The molecule has 0 aliphatic carbocycles. The van der Waals surface area contributed by atoms with Gasteiger partial charge in [-0.25, -0.2) is 0 Å². The molecule has 0 rings (SSSR count). The maximum absolute atomic E-state index is 11.8. The van der Waals surface area contributed by atoms with Gasteiger partial charge in [-0.2, -0.15) is 13.2 Å². The molecule has 2 atom stereocenters. The Balaban J connectivity index is 3.99. The summed E-state index contributed by atoms with van der Waals surface area (Å²) >= 11 is 0. The standard InChI is InChI=1S/C9H17F3N2O3/c1-6(13-3-8(2,17)5-15)7(16)14-4-9(10,11)12/h6,13,15,17H,3-5H2,1-2H3,(H,14,16). The molecular formula is C9H17F3N2O3. The molecule has 4 N–H and O–H groups in total. The predicted molar refractivity (Wildman–Crippen MR) is 54.2 cm³/mol. The van der Waals surface area contributed by atoms with Crippen molar-refractivity contribution in [2.45, 2.75) is 31.7 Å². The molecule has 17 heavy (non-hydrogen) atoms. The largest absolute Gasteiger partial charge is 0.405 e. The van der Waals surface area contributed by atoms with E-state index in [4.69, 9.17) is 5.11 Å². The summed E-state index contributed by atoms with van der Waals surface area (Å²) in [5, 5.41) is 22.3. The van der Waals surface area contributed by atoms with Gasteiger partial charge in [0.25, 0.3) is 0 Å². The van der Waals surface area contributed by atoms with Gasteiger partial charge in [0.2, 0.25) is 5.91 Å². The van der Waals surface area contributed by atoms with Crippen LogP contribution < -0.4 is 10.6 Å². The second-order valence-corrected chi connectivity index (χ2v) is 4.09. The van der Waals surface area contributed by atoms with E-state index in [2.05, 4.69) is 5.32 Å². The van der Waals surface area contributed by atoms with Crippen LogP contribution in [0.1, 0.15) is 13.8 Å². The van der Waals surface area contributed by atoms with Crippen LogP contribution in [-0.2, 0) is 4.79 Å². The zero-order chi connectivity index (χ0) is 13.7. The van der Waals surface area contributed by atoms with Gasteiger partial charge in [-0.05, 0) is 13.8 Å². The molecule has 0 aromatic rings. The van der Waals surface area contributed by atoms with Crippen LogP contribution in [0.4, 0.5) is 13.2 Å². The summed E-state index contributed by atoms with van der Waals surface area (Å²) in [6.07, 6.45) is -4.45. The Bertz CT molecular complexity index is 256. The summed E-state index contributed by atoms with van der Waals surface area (Å²) in [5.41, 5.74) is -1.42. The third kappa shape index (κ3) is 7.94. The fourth-order valence-corrected chi connectivity index (χ4v) is 0.862. The highest BCUT2D eigenvalue weighted by atomic mass is 19.4. The van der Waals surface area contributed by atoms with Crippen LogP contribution in [0.15, 0.2) is 0 Å². The van der Waals surface area contributed by atoms with E-state index >= 15 is 0 Å². The lowest BCUT2D eigenvalue weighted by molar-refractivity contribution is -0.139. The van der Waals surface area contributed by atoms with Crippen LogP contribution in [0, 0.1) is 0 Å². The van der Waals surface area contributed by atoms with Crippen molar-refractivity contribution in [1.82, 2.24) is 10.6 Å². The normalized spacial score (nSPS) is 17.4. The molecule has 8 heteroatoms. The zero-order valence-corrected chi connectivity index (χ0v) is 9.64. The van der Waals surface area contributed by atoms with Crippen molar-refractivity contribution in [3.63, 3.8) is 0 Å². The Morgan fingerprint density at radius 3 is 2.29 bits per heavy atom. The second kappa shape index (κ2) is 6.18. The van der Waals surface area contributed by atoms with E-state index < -0.39 is 36.9 Å². The van der Waals surface area contributed by atoms with E-state index in [9.17, 15) is 23.1 Å². The molecule has 0 heterocycles. The zero-order valence-electron chi connectivity index (χ0n) is 9.64. The molecule has 0 aliphatic heterocycles. The molecule has 2 unspecified atom stereocenters. The van der Waals surface area contributed by atoms with Crippen molar-refractivity contribution in [1.29, 1.82) is 0 Å². The van der Waals surface area contributed by atoms with Crippen LogP contribution in [0.3, 0.4) is 0 Å². The highest BCUT2D eigenvalue weighted by Gasteiger charge is 2.29. The van der Waals surface area contributed by atoms with E-state index in [0.717, 1.165) is 0 Å². The van der Waals surface area contributed by atoms with E-state index in [1.807, 2.05) is 0 Å². The van der Waals surface area contributed by atoms with Crippen molar-refractivity contribution >= 4 is 5.91 Å². The van der Waals surface area contributed by atoms with E-state index in [-0.39, 0.29) is 6.54 Å². The maximum Gasteiger partial charge on any atom is 0.405 e. The minimum Gasteiger partial charge on any atom is -0.393 e. The van der Waals surface area contributed by atoms with Gasteiger partial charge in [0, 0.05) is 6.54 Å². The number of hydrogen-bond donors (Lipinski definition) is 4. The Morgan fingerprint density at radius 2 is 1.88 bits per heavy atom. The molecule has 102 valence electrons. The molecule has 0 fully saturated rings. The minimum atomic E-state index is -4.45. The topological polar surface area (TPSA) is 81.6 Å². The van der Waals surface area contributed by atoms with Crippen molar-refractivity contribution < 1.29 is 28.2 Å². The van der Waals surface area contributed by atoms with Crippen LogP contribution in [0.5, 0.6) is 0 Å². The number of nitrogens with one attached hydrogen (secondary N) is 2. The number of alkyl halides is 3. The summed E-state index contributed by atoms with van der Waals surface area (Å²) in [7, 11) is 0. The van der Waals surface area contributed by atoms with Crippen LogP contribution in [-0.4, -0.2) is 53.6 Å². The van der Waals surface area contributed by atoms with Crippen LogP contribution in [0.2, 0.25) is 0 Å². The SMILES string of the molecule is CC(NCC(C)(O)CO)C(=O)NCC(F)(F)F. The Hall–Kier alpha value is -0.860. The third-order valence-electron chi connectivity index (χ3n) is 1.99. The average Bonchev–Trinajstić information content (AvgIpc) is 2.21.